The maximum absolute atomic E-state index is 13.6. The van der Waals surface area contributed by atoms with E-state index in [0.29, 0.717) is 26.1 Å². The first-order chi connectivity index (χ1) is 12.3. The minimum atomic E-state index is -3.71. The van der Waals surface area contributed by atoms with Crippen molar-refractivity contribution in [3.63, 3.8) is 0 Å². The Kier molecular flexibility index (Phi) is 5.01. The van der Waals surface area contributed by atoms with Crippen LogP contribution in [0.15, 0.2) is 0 Å². The zero-order chi connectivity index (χ0) is 20.4. The van der Waals surface area contributed by atoms with E-state index in [1.807, 2.05) is 13.8 Å². The van der Waals surface area contributed by atoms with Crippen LogP contribution in [0.5, 0.6) is 0 Å². The lowest BCUT2D eigenvalue weighted by molar-refractivity contribution is -0.152. The number of sulfonamides is 1. The molecule has 3 saturated heterocycles. The van der Waals surface area contributed by atoms with E-state index >= 15 is 0 Å². The number of hydrogen-bond donors (Lipinski definition) is 1. The third kappa shape index (κ3) is 3.23. The van der Waals surface area contributed by atoms with E-state index in [-0.39, 0.29) is 23.0 Å². The summed E-state index contributed by atoms with van der Waals surface area (Å²) in [6, 6.07) is -0.881. The quantitative estimate of drug-likeness (QED) is 0.685. The van der Waals surface area contributed by atoms with Gasteiger partial charge in [0.1, 0.15) is 5.41 Å². The van der Waals surface area contributed by atoms with E-state index in [1.165, 1.54) is 0 Å². The second kappa shape index (κ2) is 6.52. The van der Waals surface area contributed by atoms with Crippen molar-refractivity contribution >= 4 is 21.7 Å². The fraction of sp³-hybridized carbons (Fsp3) is 0.895. The van der Waals surface area contributed by atoms with E-state index in [1.54, 1.807) is 0 Å². The van der Waals surface area contributed by atoms with E-state index < -0.39 is 33.4 Å². The molecule has 3 aliphatic rings. The van der Waals surface area contributed by atoms with E-state index in [9.17, 15) is 18.0 Å². The molecule has 3 unspecified atom stereocenters. The molecule has 7 nitrogen and oxygen atoms in total. The van der Waals surface area contributed by atoms with Crippen LogP contribution in [0.25, 0.3) is 0 Å². The first-order valence-electron chi connectivity index (χ1n) is 9.84. The fourth-order valence-electron chi connectivity index (χ4n) is 5.29. The Morgan fingerprint density at radius 3 is 2.37 bits per heavy atom. The molecule has 0 radical (unpaired) electrons. The van der Waals surface area contributed by atoms with Crippen LogP contribution in [0.3, 0.4) is 0 Å². The highest BCUT2D eigenvalue weighted by Gasteiger charge is 2.69. The minimum absolute atomic E-state index is 0.0804. The Balaban J connectivity index is 1.90. The molecule has 3 atom stereocenters. The van der Waals surface area contributed by atoms with Crippen molar-refractivity contribution in [3.05, 3.63) is 0 Å². The molecule has 3 rings (SSSR count). The number of fused-ring (bicyclic) bond motifs is 1. The molecule has 3 aliphatic heterocycles. The largest absolute Gasteiger partial charge is 0.310 e. The molecule has 0 aromatic carbocycles. The summed E-state index contributed by atoms with van der Waals surface area (Å²) in [7, 11) is -3.71. The Morgan fingerprint density at radius 2 is 1.89 bits per heavy atom. The summed E-state index contributed by atoms with van der Waals surface area (Å²) in [4.78, 5) is 29.3. The normalized spacial score (nSPS) is 32.9. The van der Waals surface area contributed by atoms with Crippen molar-refractivity contribution in [2.45, 2.75) is 53.1 Å². The van der Waals surface area contributed by atoms with Gasteiger partial charge in [0.25, 0.3) is 5.91 Å². The monoisotopic (exact) mass is 399 g/mol. The van der Waals surface area contributed by atoms with Crippen molar-refractivity contribution in [2.24, 2.45) is 22.7 Å². The molecular formula is C19H33N3O4S. The summed E-state index contributed by atoms with van der Waals surface area (Å²) >= 11 is 0. The van der Waals surface area contributed by atoms with Gasteiger partial charge >= 0.3 is 0 Å². The van der Waals surface area contributed by atoms with Gasteiger partial charge in [-0.25, -0.2) is 12.7 Å². The number of Topliss-reactive ketones (excluding diaryl/α,β-unsaturated/α-hetero) is 1. The zero-order valence-corrected chi connectivity index (χ0v) is 18.1. The third-order valence-electron chi connectivity index (χ3n) is 6.24. The standard InChI is InChI=1S/C19H33N3O4S/c1-12(2)19(16(23)13-9-21(10-13)11-18(3,4)5)15-14(7-8-20-15)22(17(19)24)27(6,25)26/h12-15,20H,7-11H2,1-6H3. The topological polar surface area (TPSA) is 86.8 Å². The minimum Gasteiger partial charge on any atom is -0.310 e. The van der Waals surface area contributed by atoms with Crippen LogP contribution >= 0.6 is 0 Å². The molecule has 1 N–H and O–H groups in total. The summed E-state index contributed by atoms with van der Waals surface area (Å²) < 4.78 is 25.7. The second-order valence-corrected chi connectivity index (χ2v) is 11.9. The Bertz CT molecular complexity index is 737. The van der Waals surface area contributed by atoms with Crippen LogP contribution in [0.1, 0.15) is 41.0 Å². The van der Waals surface area contributed by atoms with Gasteiger partial charge in [-0.15, -0.1) is 0 Å². The number of hydrogen-bond acceptors (Lipinski definition) is 6. The van der Waals surface area contributed by atoms with E-state index in [2.05, 4.69) is 31.0 Å². The molecule has 3 fully saturated rings. The van der Waals surface area contributed by atoms with E-state index in [4.69, 9.17) is 0 Å². The summed E-state index contributed by atoms with van der Waals surface area (Å²) in [5.41, 5.74) is -1.14. The van der Waals surface area contributed by atoms with Crippen molar-refractivity contribution in [2.75, 3.05) is 32.4 Å². The summed E-state index contributed by atoms with van der Waals surface area (Å²) in [6.45, 7) is 13.0. The van der Waals surface area contributed by atoms with Crippen LogP contribution in [0.4, 0.5) is 0 Å². The molecule has 1 amide bonds. The van der Waals surface area contributed by atoms with Gasteiger partial charge in [0.05, 0.1) is 18.3 Å². The van der Waals surface area contributed by atoms with Crippen LogP contribution < -0.4 is 5.32 Å². The number of ketones is 1. The van der Waals surface area contributed by atoms with E-state index in [0.717, 1.165) is 17.1 Å². The van der Waals surface area contributed by atoms with Gasteiger partial charge in [0.15, 0.2) is 5.78 Å². The maximum Gasteiger partial charge on any atom is 0.252 e. The fourth-order valence-corrected chi connectivity index (χ4v) is 6.46. The van der Waals surface area contributed by atoms with Crippen molar-refractivity contribution in [1.82, 2.24) is 14.5 Å². The average molecular weight is 400 g/mol. The second-order valence-electron chi connectivity index (χ2n) is 9.99. The highest BCUT2D eigenvalue weighted by atomic mass is 32.2. The number of amides is 1. The lowest BCUT2D eigenvalue weighted by atomic mass is 9.64. The van der Waals surface area contributed by atoms with Crippen LogP contribution in [-0.2, 0) is 19.6 Å². The summed E-state index contributed by atoms with van der Waals surface area (Å²) in [5.74, 6) is -1.08. The molecular weight excluding hydrogens is 366 g/mol. The van der Waals surface area contributed by atoms with Gasteiger partial charge in [-0.05, 0) is 24.3 Å². The molecule has 27 heavy (non-hydrogen) atoms. The van der Waals surface area contributed by atoms with Crippen molar-refractivity contribution < 1.29 is 18.0 Å². The average Bonchev–Trinajstić information content (AvgIpc) is 2.97. The first-order valence-corrected chi connectivity index (χ1v) is 11.7. The number of nitrogens with one attached hydrogen (secondary N) is 1. The number of rotatable bonds is 5. The van der Waals surface area contributed by atoms with Gasteiger partial charge in [-0.3, -0.25) is 9.59 Å². The van der Waals surface area contributed by atoms with Crippen LogP contribution in [0, 0.1) is 22.7 Å². The lowest BCUT2D eigenvalue weighted by Crippen LogP contribution is -2.62. The van der Waals surface area contributed by atoms with Crippen LogP contribution in [0.2, 0.25) is 0 Å². The summed E-state index contributed by atoms with van der Waals surface area (Å²) in [5, 5.41) is 3.30. The molecule has 8 heteroatoms. The SMILES string of the molecule is CC(C)C1(C(=O)C2CN(CC(C)(C)C)C2)C(=O)N(S(C)(=O)=O)C2CCNC21. The predicted molar refractivity (Wildman–Crippen MR) is 104 cm³/mol. The third-order valence-corrected chi connectivity index (χ3v) is 7.39. The molecule has 0 bridgehead atoms. The number of likely N-dealkylation sites (tertiary alicyclic amines) is 1. The molecule has 0 aromatic heterocycles. The number of carbonyl (C=O) groups excluding carboxylic acids is 2. The highest BCUT2D eigenvalue weighted by molar-refractivity contribution is 7.89. The van der Waals surface area contributed by atoms with Gasteiger partial charge < -0.3 is 10.2 Å². The van der Waals surface area contributed by atoms with Crippen LogP contribution in [-0.4, -0.2) is 73.8 Å². The van der Waals surface area contributed by atoms with Crippen molar-refractivity contribution in [1.29, 1.82) is 0 Å². The Hall–Kier alpha value is -0.990. The van der Waals surface area contributed by atoms with Gasteiger partial charge in [0.2, 0.25) is 10.0 Å². The Labute approximate surface area is 162 Å². The predicted octanol–water partition coefficient (Wildman–Crippen LogP) is 0.708. The molecule has 0 spiro atoms. The number of carbonyl (C=O) groups is 2. The molecule has 154 valence electrons. The van der Waals surface area contributed by atoms with Gasteiger partial charge in [-0.2, -0.15) is 0 Å². The zero-order valence-electron chi connectivity index (χ0n) is 17.3. The molecule has 3 heterocycles. The first kappa shape index (κ1) is 20.7. The lowest BCUT2D eigenvalue weighted by Gasteiger charge is -2.46. The maximum atomic E-state index is 13.6. The molecule has 0 saturated carbocycles. The highest BCUT2D eigenvalue weighted by Crippen LogP contribution is 2.49. The smallest absolute Gasteiger partial charge is 0.252 e. The van der Waals surface area contributed by atoms with Crippen molar-refractivity contribution in [3.8, 4) is 0 Å². The summed E-state index contributed by atoms with van der Waals surface area (Å²) in [6.07, 6.45) is 1.63. The number of nitrogens with zero attached hydrogens (tertiary/aromatic N) is 2. The van der Waals surface area contributed by atoms with Gasteiger partial charge in [-0.1, -0.05) is 34.6 Å². The molecule has 0 aromatic rings. The molecule has 0 aliphatic carbocycles. The van der Waals surface area contributed by atoms with Gasteiger partial charge in [0, 0.05) is 25.6 Å². The Morgan fingerprint density at radius 1 is 1.30 bits per heavy atom.